The number of methoxy groups -OCH3 is 1. The Bertz CT molecular complexity index is 477. The molecule has 0 bridgehead atoms. The SMILES string of the molecule is COc1ncc(C#CCCl)c(C)c1[N+](=O)[O-]. The molecular formula is C10H9ClN2O3. The molecule has 0 spiro atoms. The number of rotatable bonds is 2. The van der Waals surface area contributed by atoms with E-state index in [1.807, 2.05) is 0 Å². The van der Waals surface area contributed by atoms with Crippen LogP contribution >= 0.6 is 11.6 Å². The lowest BCUT2D eigenvalue weighted by Crippen LogP contribution is -2.00. The third-order valence-corrected chi connectivity index (χ3v) is 2.07. The lowest BCUT2D eigenvalue weighted by Gasteiger charge is -2.04. The lowest BCUT2D eigenvalue weighted by molar-refractivity contribution is -0.386. The molecule has 0 atom stereocenters. The molecule has 0 saturated carbocycles. The Morgan fingerprint density at radius 3 is 2.88 bits per heavy atom. The number of nitrogens with zero attached hydrogens (tertiary/aromatic N) is 2. The zero-order valence-corrected chi connectivity index (χ0v) is 9.54. The van der Waals surface area contributed by atoms with Crippen molar-refractivity contribution < 1.29 is 9.66 Å². The van der Waals surface area contributed by atoms with Gasteiger partial charge in [-0.05, 0) is 6.92 Å². The van der Waals surface area contributed by atoms with E-state index in [9.17, 15) is 10.1 Å². The highest BCUT2D eigenvalue weighted by molar-refractivity contribution is 6.19. The molecule has 1 aromatic rings. The zero-order valence-electron chi connectivity index (χ0n) is 8.78. The molecule has 0 amide bonds. The quantitative estimate of drug-likeness (QED) is 0.343. The molecule has 0 unspecified atom stereocenters. The Hall–Kier alpha value is -1.80. The van der Waals surface area contributed by atoms with Crippen molar-refractivity contribution >= 4 is 17.3 Å². The molecule has 0 radical (unpaired) electrons. The smallest absolute Gasteiger partial charge is 0.335 e. The summed E-state index contributed by atoms with van der Waals surface area (Å²) in [7, 11) is 1.33. The van der Waals surface area contributed by atoms with Gasteiger partial charge in [-0.1, -0.05) is 11.8 Å². The summed E-state index contributed by atoms with van der Waals surface area (Å²) >= 11 is 5.41. The van der Waals surface area contributed by atoms with E-state index >= 15 is 0 Å². The summed E-state index contributed by atoms with van der Waals surface area (Å²) < 4.78 is 4.82. The van der Waals surface area contributed by atoms with Crippen molar-refractivity contribution in [3.8, 4) is 17.7 Å². The van der Waals surface area contributed by atoms with Crippen LogP contribution in [0.4, 0.5) is 5.69 Å². The van der Waals surface area contributed by atoms with E-state index < -0.39 is 4.92 Å². The number of hydrogen-bond acceptors (Lipinski definition) is 4. The van der Waals surface area contributed by atoms with Gasteiger partial charge in [0.05, 0.1) is 23.5 Å². The minimum Gasteiger partial charge on any atom is -0.476 e. The van der Waals surface area contributed by atoms with Crippen LogP contribution in [0.25, 0.3) is 0 Å². The summed E-state index contributed by atoms with van der Waals surface area (Å²) in [4.78, 5) is 14.1. The Kier molecular flexibility index (Phi) is 4.09. The molecule has 6 heteroatoms. The molecule has 5 nitrogen and oxygen atoms in total. The van der Waals surface area contributed by atoms with Crippen LogP contribution in [-0.4, -0.2) is 22.9 Å². The fraction of sp³-hybridized carbons (Fsp3) is 0.300. The van der Waals surface area contributed by atoms with Crippen LogP contribution in [0, 0.1) is 28.9 Å². The molecule has 84 valence electrons. The molecule has 1 heterocycles. The molecule has 0 saturated heterocycles. The number of nitro groups is 1. The molecule has 1 rings (SSSR count). The van der Waals surface area contributed by atoms with Gasteiger partial charge in [0.2, 0.25) is 0 Å². The second kappa shape index (κ2) is 5.33. The monoisotopic (exact) mass is 240 g/mol. The first-order valence-corrected chi connectivity index (χ1v) is 4.88. The van der Waals surface area contributed by atoms with Crippen molar-refractivity contribution in [1.82, 2.24) is 4.98 Å². The summed E-state index contributed by atoms with van der Waals surface area (Å²) in [5, 5.41) is 10.8. The summed E-state index contributed by atoms with van der Waals surface area (Å²) in [5.74, 6) is 5.48. The van der Waals surface area contributed by atoms with Crippen LogP contribution in [0.5, 0.6) is 5.88 Å². The van der Waals surface area contributed by atoms with Gasteiger partial charge in [-0.25, -0.2) is 4.98 Å². The van der Waals surface area contributed by atoms with E-state index in [1.54, 1.807) is 6.92 Å². The number of halogens is 1. The average Bonchev–Trinajstić information content (AvgIpc) is 2.26. The van der Waals surface area contributed by atoms with Gasteiger partial charge in [-0.3, -0.25) is 10.1 Å². The van der Waals surface area contributed by atoms with Crippen molar-refractivity contribution in [2.24, 2.45) is 0 Å². The van der Waals surface area contributed by atoms with Gasteiger partial charge in [0.25, 0.3) is 5.88 Å². The molecule has 0 aliphatic rings. The lowest BCUT2D eigenvalue weighted by atomic mass is 10.1. The molecule has 0 aromatic carbocycles. The molecule has 0 N–H and O–H groups in total. The number of ether oxygens (including phenoxy) is 1. The minimum atomic E-state index is -0.535. The highest BCUT2D eigenvalue weighted by Crippen LogP contribution is 2.29. The Morgan fingerprint density at radius 1 is 1.69 bits per heavy atom. The van der Waals surface area contributed by atoms with Gasteiger partial charge < -0.3 is 4.74 Å². The van der Waals surface area contributed by atoms with Crippen LogP contribution in [-0.2, 0) is 0 Å². The molecule has 1 aromatic heterocycles. The first-order chi connectivity index (χ1) is 7.61. The van der Waals surface area contributed by atoms with E-state index in [0.717, 1.165) is 0 Å². The normalized spacial score (nSPS) is 9.19. The van der Waals surface area contributed by atoms with E-state index in [2.05, 4.69) is 16.8 Å². The van der Waals surface area contributed by atoms with Crippen molar-refractivity contribution in [2.45, 2.75) is 6.92 Å². The van der Waals surface area contributed by atoms with Gasteiger partial charge in [-0.2, -0.15) is 0 Å². The van der Waals surface area contributed by atoms with Gasteiger partial charge in [0, 0.05) is 11.8 Å². The fourth-order valence-corrected chi connectivity index (χ4v) is 1.25. The largest absolute Gasteiger partial charge is 0.476 e. The summed E-state index contributed by atoms with van der Waals surface area (Å²) in [6, 6.07) is 0. The van der Waals surface area contributed by atoms with Crippen LogP contribution in [0.1, 0.15) is 11.1 Å². The van der Waals surface area contributed by atoms with E-state index in [0.29, 0.717) is 11.1 Å². The second-order valence-electron chi connectivity index (χ2n) is 2.85. The summed E-state index contributed by atoms with van der Waals surface area (Å²) in [5.41, 5.74) is 0.742. The molecule has 16 heavy (non-hydrogen) atoms. The first kappa shape index (κ1) is 12.3. The third-order valence-electron chi connectivity index (χ3n) is 1.94. The Balaban J connectivity index is 3.37. The number of aromatic nitrogens is 1. The van der Waals surface area contributed by atoms with Gasteiger partial charge in [-0.15, -0.1) is 11.6 Å². The maximum absolute atomic E-state index is 10.8. The number of pyridine rings is 1. The van der Waals surface area contributed by atoms with Crippen LogP contribution in [0.3, 0.4) is 0 Å². The van der Waals surface area contributed by atoms with E-state index in [1.165, 1.54) is 13.3 Å². The first-order valence-electron chi connectivity index (χ1n) is 4.34. The standard InChI is InChI=1S/C10H9ClN2O3/c1-7-8(4-3-5-11)6-12-10(16-2)9(7)13(14)15/h6H,5H2,1-2H3. The van der Waals surface area contributed by atoms with Crippen LogP contribution in [0.15, 0.2) is 6.20 Å². The molecule has 0 aliphatic heterocycles. The topological polar surface area (TPSA) is 65.3 Å². The predicted molar refractivity (Wildman–Crippen MR) is 59.8 cm³/mol. The molecule has 0 aliphatic carbocycles. The fourth-order valence-electron chi connectivity index (χ4n) is 1.19. The number of hydrogen-bond donors (Lipinski definition) is 0. The van der Waals surface area contributed by atoms with Crippen molar-refractivity contribution in [3.05, 3.63) is 27.4 Å². The van der Waals surface area contributed by atoms with Crippen LogP contribution < -0.4 is 4.74 Å². The van der Waals surface area contributed by atoms with Crippen molar-refractivity contribution in [2.75, 3.05) is 13.0 Å². The third kappa shape index (κ3) is 2.41. The number of alkyl halides is 1. The van der Waals surface area contributed by atoms with E-state index in [-0.39, 0.29) is 17.4 Å². The van der Waals surface area contributed by atoms with Crippen molar-refractivity contribution in [3.63, 3.8) is 0 Å². The minimum absolute atomic E-state index is 0.0149. The van der Waals surface area contributed by atoms with Gasteiger partial charge in [0.15, 0.2) is 0 Å². The van der Waals surface area contributed by atoms with Gasteiger partial charge in [0.1, 0.15) is 0 Å². The maximum atomic E-state index is 10.8. The van der Waals surface area contributed by atoms with E-state index in [4.69, 9.17) is 16.3 Å². The Labute approximate surface area is 97.5 Å². The second-order valence-corrected chi connectivity index (χ2v) is 3.11. The van der Waals surface area contributed by atoms with Crippen molar-refractivity contribution in [1.29, 1.82) is 0 Å². The highest BCUT2D eigenvalue weighted by Gasteiger charge is 2.21. The predicted octanol–water partition coefficient (Wildman–Crippen LogP) is 1.90. The van der Waals surface area contributed by atoms with Crippen LogP contribution in [0.2, 0.25) is 0 Å². The van der Waals surface area contributed by atoms with Gasteiger partial charge >= 0.3 is 5.69 Å². The Morgan fingerprint density at radius 2 is 2.38 bits per heavy atom. The average molecular weight is 241 g/mol. The zero-order chi connectivity index (χ0) is 12.1. The maximum Gasteiger partial charge on any atom is 0.335 e. The summed E-state index contributed by atoms with van der Waals surface area (Å²) in [6.45, 7) is 1.60. The highest BCUT2D eigenvalue weighted by atomic mass is 35.5. The summed E-state index contributed by atoms with van der Waals surface area (Å²) in [6.07, 6.45) is 1.43. The molecule has 0 fully saturated rings. The molecular weight excluding hydrogens is 232 g/mol.